The summed E-state index contributed by atoms with van der Waals surface area (Å²) in [6, 6.07) is 39.0. The largest absolute Gasteiger partial charge is 0.444 e. The molecule has 7 rings (SSSR count). The molecule has 1 fully saturated rings. The van der Waals surface area contributed by atoms with Crippen LogP contribution in [0.3, 0.4) is 0 Å². The third-order valence-electron chi connectivity index (χ3n) is 13.7. The second kappa shape index (κ2) is 26.3. The van der Waals surface area contributed by atoms with Crippen LogP contribution in [0.2, 0.25) is 0 Å². The second-order valence-electron chi connectivity index (χ2n) is 20.5. The molecule has 2 aromatic carbocycles. The maximum Gasteiger partial charge on any atom is 0.407 e. The van der Waals surface area contributed by atoms with Crippen molar-refractivity contribution in [3.8, 4) is 0 Å². The van der Waals surface area contributed by atoms with Gasteiger partial charge in [-0.15, -0.1) is 4.73 Å². The average Bonchev–Trinajstić information content (AvgIpc) is 3.36. The topological polar surface area (TPSA) is 166 Å². The van der Waals surface area contributed by atoms with E-state index in [2.05, 4.69) is 37.0 Å². The van der Waals surface area contributed by atoms with Gasteiger partial charge in [-0.3, -0.25) is 43.6 Å². The van der Waals surface area contributed by atoms with Crippen molar-refractivity contribution in [1.29, 1.82) is 0 Å². The Kier molecular flexibility index (Phi) is 19.5. The normalized spacial score (nSPS) is 15.7. The fraction of sp³-hybridized carbons (Fsp3) is 0.414. The minimum atomic E-state index is -0.636. The van der Waals surface area contributed by atoms with Crippen LogP contribution < -0.4 is 32.4 Å². The number of Topliss-reactive ketones (excluding diaryl/α,β-unsaturated/α-hetero) is 1. The molecule has 0 radical (unpaired) electrons. The molecular formula is C58H73N9O8. The Morgan fingerprint density at radius 1 is 0.533 bits per heavy atom. The van der Waals surface area contributed by atoms with Gasteiger partial charge in [0.05, 0.1) is 5.69 Å². The third kappa shape index (κ3) is 16.7. The number of aromatic nitrogens is 4. The fourth-order valence-electron chi connectivity index (χ4n) is 9.29. The number of hydrogen-bond acceptors (Lipinski definition) is 12. The lowest BCUT2D eigenvalue weighted by Crippen LogP contribution is -2.51. The molecule has 0 saturated carbocycles. The Bertz CT molecular complexity index is 3090. The average molecular weight is 1020 g/mol. The lowest BCUT2D eigenvalue weighted by Gasteiger charge is -2.39. The van der Waals surface area contributed by atoms with Crippen molar-refractivity contribution in [3.63, 3.8) is 0 Å². The highest BCUT2D eigenvalue weighted by Crippen LogP contribution is 2.20. The van der Waals surface area contributed by atoms with Gasteiger partial charge in [-0.25, -0.2) is 4.79 Å². The van der Waals surface area contributed by atoms with E-state index >= 15 is 0 Å². The quantitative estimate of drug-likeness (QED) is 0.128. The van der Waals surface area contributed by atoms with Crippen molar-refractivity contribution < 1.29 is 19.2 Å². The standard InChI is InChI=1S/C58H73N9O8/c1-58(2,3)75-57(73)59-29-28-52(68)37-45-26-24-44(25-27-45)36-51-41-65(39-48-17-11-21-54(70)61(48)5)33-32-63(40-50-19-13-23-56(72)67(50)74-43-46-14-8-7-9-15-46)30-31-64(38-47-16-10-20-53(69)60(47)4)34-35-66(51)42-49-18-12-22-55(71)62(49)6/h7-27,51H,28-43H2,1-6H3,(H,59,73). The Labute approximate surface area is 439 Å². The summed E-state index contributed by atoms with van der Waals surface area (Å²) in [5, 5.41) is 2.67. The number of pyridine rings is 4. The molecule has 1 aliphatic heterocycles. The number of carbonyl (C=O) groups excluding carboxylic acids is 2. The van der Waals surface area contributed by atoms with Gasteiger partial charge in [0.1, 0.15) is 18.0 Å². The van der Waals surface area contributed by atoms with E-state index in [9.17, 15) is 28.8 Å². The number of alkyl carbamates (subject to hydrolysis) is 1. The zero-order chi connectivity index (χ0) is 53.5. The van der Waals surface area contributed by atoms with E-state index in [1.54, 1.807) is 98.1 Å². The molecular weight excluding hydrogens is 951 g/mol. The first-order chi connectivity index (χ1) is 36.0. The smallest absolute Gasteiger partial charge is 0.407 e. The van der Waals surface area contributed by atoms with E-state index in [1.165, 1.54) is 10.8 Å². The first kappa shape index (κ1) is 55.6. The minimum absolute atomic E-state index is 0.00634. The van der Waals surface area contributed by atoms with Crippen molar-refractivity contribution >= 4 is 11.9 Å². The van der Waals surface area contributed by atoms with Crippen molar-refractivity contribution in [2.24, 2.45) is 21.1 Å². The number of ether oxygens (including phenoxy) is 1. The van der Waals surface area contributed by atoms with Crippen molar-refractivity contribution in [2.75, 3.05) is 52.4 Å². The van der Waals surface area contributed by atoms with Crippen LogP contribution in [0.5, 0.6) is 0 Å². The van der Waals surface area contributed by atoms with Gasteiger partial charge in [0.15, 0.2) is 0 Å². The summed E-state index contributed by atoms with van der Waals surface area (Å²) in [5.41, 5.74) is 4.98. The van der Waals surface area contributed by atoms with E-state index in [-0.39, 0.29) is 60.1 Å². The summed E-state index contributed by atoms with van der Waals surface area (Å²) in [7, 11) is 5.39. The molecule has 0 bridgehead atoms. The molecule has 1 saturated heterocycles. The lowest BCUT2D eigenvalue weighted by atomic mass is 9.99. The number of amides is 1. The van der Waals surface area contributed by atoms with Crippen LogP contribution in [-0.4, -0.2) is 114 Å². The summed E-state index contributed by atoms with van der Waals surface area (Å²) in [6.45, 7) is 11.8. The third-order valence-corrected chi connectivity index (χ3v) is 13.7. The summed E-state index contributed by atoms with van der Waals surface area (Å²) < 4.78 is 11.8. The molecule has 1 N–H and O–H groups in total. The first-order valence-corrected chi connectivity index (χ1v) is 25.8. The number of benzene rings is 2. The van der Waals surface area contributed by atoms with E-state index in [1.807, 2.05) is 66.7 Å². The van der Waals surface area contributed by atoms with Gasteiger partial charge < -0.3 is 28.6 Å². The van der Waals surface area contributed by atoms with Crippen LogP contribution in [0.25, 0.3) is 0 Å². The molecule has 398 valence electrons. The maximum atomic E-state index is 13.5. The van der Waals surface area contributed by atoms with E-state index in [0.29, 0.717) is 84.1 Å². The minimum Gasteiger partial charge on any atom is -0.444 e. The van der Waals surface area contributed by atoms with Gasteiger partial charge in [-0.2, -0.15) is 0 Å². The van der Waals surface area contributed by atoms with Crippen LogP contribution in [0.4, 0.5) is 4.79 Å². The summed E-state index contributed by atoms with van der Waals surface area (Å²) in [6.07, 6.45) is 0.448. The Balaban J connectivity index is 1.23. The van der Waals surface area contributed by atoms with Gasteiger partial charge in [0.25, 0.3) is 5.56 Å². The zero-order valence-electron chi connectivity index (χ0n) is 44.4. The number of hydrogen-bond donors (Lipinski definition) is 1. The van der Waals surface area contributed by atoms with Crippen LogP contribution in [0.1, 0.15) is 66.7 Å². The predicted octanol–water partition coefficient (Wildman–Crippen LogP) is 4.53. The zero-order valence-corrected chi connectivity index (χ0v) is 44.4. The number of nitrogens with one attached hydrogen (secondary N) is 1. The van der Waals surface area contributed by atoms with Crippen molar-refractivity contribution in [2.45, 2.75) is 84.5 Å². The van der Waals surface area contributed by atoms with Gasteiger partial charge in [-0.05, 0) is 68.1 Å². The van der Waals surface area contributed by atoms with Crippen LogP contribution >= 0.6 is 0 Å². The molecule has 0 aliphatic carbocycles. The van der Waals surface area contributed by atoms with Crippen molar-refractivity contribution in [1.82, 2.24) is 43.3 Å². The van der Waals surface area contributed by atoms with E-state index < -0.39 is 11.7 Å². The molecule has 0 spiro atoms. The summed E-state index contributed by atoms with van der Waals surface area (Å²) in [4.78, 5) is 93.7. The molecule has 1 unspecified atom stereocenters. The molecule has 17 nitrogen and oxygen atoms in total. The Hall–Kier alpha value is -7.18. The predicted molar refractivity (Wildman–Crippen MR) is 290 cm³/mol. The van der Waals surface area contributed by atoms with Crippen LogP contribution in [0, 0.1) is 0 Å². The lowest BCUT2D eigenvalue weighted by molar-refractivity contribution is -0.118. The highest BCUT2D eigenvalue weighted by molar-refractivity contribution is 5.81. The highest BCUT2D eigenvalue weighted by atomic mass is 16.7. The Morgan fingerprint density at radius 2 is 1.01 bits per heavy atom. The molecule has 1 aliphatic rings. The first-order valence-electron chi connectivity index (χ1n) is 25.8. The van der Waals surface area contributed by atoms with E-state index in [4.69, 9.17) is 9.57 Å². The SMILES string of the molecule is Cn1c(CN2CCN(Cc3cccc(=O)n3OCc3ccccc3)CCN(Cc3cccc(=O)n3C)CC(Cc3ccc(CC(=O)CCNC(=O)OC(C)(C)C)cc3)N(Cc3cccc(=O)n3C)CC2)cccc1=O. The molecule has 1 atom stereocenters. The molecule has 1 amide bonds. The van der Waals surface area contributed by atoms with Gasteiger partial charge in [0.2, 0.25) is 16.7 Å². The molecule has 75 heavy (non-hydrogen) atoms. The summed E-state index contributed by atoms with van der Waals surface area (Å²) >= 11 is 0. The van der Waals surface area contributed by atoms with Crippen molar-refractivity contribution in [3.05, 3.63) is 208 Å². The molecule has 4 aromatic heterocycles. The second-order valence-corrected chi connectivity index (χ2v) is 20.5. The highest BCUT2D eigenvalue weighted by Gasteiger charge is 2.27. The van der Waals surface area contributed by atoms with Crippen LogP contribution in [-0.2, 0) is 76.3 Å². The number of carbonyl (C=O) groups is 2. The van der Waals surface area contributed by atoms with Gasteiger partial charge >= 0.3 is 6.09 Å². The maximum absolute atomic E-state index is 13.5. The van der Waals surface area contributed by atoms with Gasteiger partial charge in [0, 0.05) is 160 Å². The fourth-order valence-corrected chi connectivity index (χ4v) is 9.29. The number of ketones is 1. The molecule has 5 heterocycles. The number of rotatable bonds is 18. The van der Waals surface area contributed by atoms with Crippen LogP contribution in [0.15, 0.2) is 147 Å². The van der Waals surface area contributed by atoms with E-state index in [0.717, 1.165) is 33.8 Å². The summed E-state index contributed by atoms with van der Waals surface area (Å²) in [5.74, 6) is -0.00634. The monoisotopic (exact) mass is 1020 g/mol. The Morgan fingerprint density at radius 3 is 1.59 bits per heavy atom. The molecule has 6 aromatic rings. The van der Waals surface area contributed by atoms with Gasteiger partial charge in [-0.1, -0.05) is 78.9 Å². The molecule has 17 heteroatoms. The number of nitrogens with zero attached hydrogens (tertiary/aromatic N) is 8.